The molecular weight excluding hydrogens is 308 g/mol. The van der Waals surface area contributed by atoms with E-state index in [4.69, 9.17) is 14.2 Å². The van der Waals surface area contributed by atoms with Gasteiger partial charge in [-0.1, -0.05) is 19.8 Å². The maximum atomic E-state index is 12.2. The van der Waals surface area contributed by atoms with Crippen LogP contribution in [0.25, 0.3) is 0 Å². The predicted molar refractivity (Wildman–Crippen MR) is 93.9 cm³/mol. The van der Waals surface area contributed by atoms with E-state index < -0.39 is 0 Å². The molecule has 1 aliphatic rings. The molecule has 0 bridgehead atoms. The summed E-state index contributed by atoms with van der Waals surface area (Å²) in [6, 6.07) is 5.40. The molecule has 2 rings (SSSR count). The molecule has 134 valence electrons. The van der Waals surface area contributed by atoms with E-state index in [1.165, 1.54) is 19.3 Å². The Labute approximate surface area is 143 Å². The Kier molecular flexibility index (Phi) is 7.18. The van der Waals surface area contributed by atoms with Gasteiger partial charge >= 0.3 is 6.03 Å². The first-order chi connectivity index (χ1) is 11.6. The maximum Gasteiger partial charge on any atom is 0.319 e. The smallest absolute Gasteiger partial charge is 0.319 e. The zero-order valence-corrected chi connectivity index (χ0v) is 14.8. The summed E-state index contributed by atoms with van der Waals surface area (Å²) in [7, 11) is 3.21. The second-order valence-electron chi connectivity index (χ2n) is 6.17. The van der Waals surface area contributed by atoms with Crippen LogP contribution < -0.4 is 20.1 Å². The van der Waals surface area contributed by atoms with Crippen molar-refractivity contribution in [3.05, 3.63) is 18.2 Å². The molecule has 2 amide bonds. The highest BCUT2D eigenvalue weighted by Crippen LogP contribution is 2.30. The second kappa shape index (κ2) is 9.37. The Balaban J connectivity index is 1.95. The number of amides is 2. The molecule has 0 aliphatic heterocycles. The Morgan fingerprint density at radius 1 is 1.17 bits per heavy atom. The van der Waals surface area contributed by atoms with Crippen LogP contribution in [0.1, 0.15) is 32.6 Å². The van der Waals surface area contributed by atoms with Gasteiger partial charge in [-0.05, 0) is 30.9 Å². The van der Waals surface area contributed by atoms with Gasteiger partial charge in [-0.2, -0.15) is 0 Å². The maximum absolute atomic E-state index is 12.2. The first kappa shape index (κ1) is 18.4. The number of rotatable bonds is 7. The van der Waals surface area contributed by atoms with E-state index in [1.54, 1.807) is 32.4 Å². The van der Waals surface area contributed by atoms with Crippen molar-refractivity contribution in [1.29, 1.82) is 0 Å². The van der Waals surface area contributed by atoms with Crippen molar-refractivity contribution in [2.45, 2.75) is 38.6 Å². The third-order valence-corrected chi connectivity index (χ3v) is 4.39. The number of carbonyl (C=O) groups is 1. The number of benzene rings is 1. The fraction of sp³-hybridized carbons (Fsp3) is 0.611. The summed E-state index contributed by atoms with van der Waals surface area (Å²) in [5, 5.41) is 5.95. The van der Waals surface area contributed by atoms with Crippen molar-refractivity contribution in [2.75, 3.05) is 32.8 Å². The Hall–Kier alpha value is -1.95. The summed E-state index contributed by atoms with van der Waals surface area (Å²) >= 11 is 0. The molecule has 0 spiro atoms. The molecule has 1 saturated carbocycles. The molecule has 0 heterocycles. The van der Waals surface area contributed by atoms with E-state index in [-0.39, 0.29) is 12.1 Å². The number of anilines is 1. The minimum Gasteiger partial charge on any atom is -0.493 e. The molecule has 2 unspecified atom stereocenters. The highest BCUT2D eigenvalue weighted by molar-refractivity contribution is 5.89. The Morgan fingerprint density at radius 2 is 1.96 bits per heavy atom. The van der Waals surface area contributed by atoms with E-state index in [0.717, 1.165) is 6.42 Å². The molecule has 0 radical (unpaired) electrons. The van der Waals surface area contributed by atoms with Gasteiger partial charge in [0.15, 0.2) is 11.5 Å². The van der Waals surface area contributed by atoms with Crippen LogP contribution in [-0.4, -0.2) is 39.5 Å². The lowest BCUT2D eigenvalue weighted by Crippen LogP contribution is -2.43. The third-order valence-electron chi connectivity index (χ3n) is 4.39. The van der Waals surface area contributed by atoms with Crippen LogP contribution >= 0.6 is 0 Å². The first-order valence-corrected chi connectivity index (χ1v) is 8.51. The lowest BCUT2D eigenvalue weighted by Gasteiger charge is -2.29. The molecule has 1 aromatic rings. The zero-order chi connectivity index (χ0) is 17.4. The van der Waals surface area contributed by atoms with Gasteiger partial charge in [0.1, 0.15) is 6.61 Å². The average Bonchev–Trinajstić information content (AvgIpc) is 2.57. The summed E-state index contributed by atoms with van der Waals surface area (Å²) in [5.41, 5.74) is 0.671. The molecule has 1 fully saturated rings. The topological polar surface area (TPSA) is 68.8 Å². The van der Waals surface area contributed by atoms with Gasteiger partial charge in [-0.3, -0.25) is 0 Å². The quantitative estimate of drug-likeness (QED) is 0.749. The van der Waals surface area contributed by atoms with Gasteiger partial charge in [0.25, 0.3) is 0 Å². The Bertz CT molecular complexity index is 536. The summed E-state index contributed by atoms with van der Waals surface area (Å²) in [6.07, 6.45) is 4.64. The number of nitrogens with one attached hydrogen (secondary N) is 2. The van der Waals surface area contributed by atoms with Crippen LogP contribution in [0.2, 0.25) is 0 Å². The van der Waals surface area contributed by atoms with E-state index in [2.05, 4.69) is 17.6 Å². The number of carbonyl (C=O) groups excluding carboxylic acids is 1. The minimum atomic E-state index is -0.179. The molecule has 2 atom stereocenters. The van der Waals surface area contributed by atoms with Crippen LogP contribution in [-0.2, 0) is 4.74 Å². The van der Waals surface area contributed by atoms with Crippen molar-refractivity contribution in [3.63, 3.8) is 0 Å². The molecule has 24 heavy (non-hydrogen) atoms. The molecular formula is C18H28N2O4. The van der Waals surface area contributed by atoms with Crippen molar-refractivity contribution in [2.24, 2.45) is 5.92 Å². The number of hydrogen-bond donors (Lipinski definition) is 2. The van der Waals surface area contributed by atoms with E-state index in [1.807, 2.05) is 0 Å². The van der Waals surface area contributed by atoms with Crippen molar-refractivity contribution in [3.8, 4) is 11.5 Å². The van der Waals surface area contributed by atoms with Crippen LogP contribution in [0, 0.1) is 5.92 Å². The van der Waals surface area contributed by atoms with E-state index >= 15 is 0 Å². The van der Waals surface area contributed by atoms with Gasteiger partial charge in [0.2, 0.25) is 0 Å². The average molecular weight is 336 g/mol. The molecule has 6 heteroatoms. The van der Waals surface area contributed by atoms with Gasteiger partial charge in [-0.25, -0.2) is 4.79 Å². The van der Waals surface area contributed by atoms with Crippen molar-refractivity contribution in [1.82, 2.24) is 5.32 Å². The fourth-order valence-corrected chi connectivity index (χ4v) is 2.97. The molecule has 0 aromatic heterocycles. The predicted octanol–water partition coefficient (Wildman–Crippen LogP) is 3.42. The van der Waals surface area contributed by atoms with Gasteiger partial charge in [0.05, 0.1) is 13.7 Å². The van der Waals surface area contributed by atoms with E-state index in [0.29, 0.717) is 36.3 Å². The molecule has 1 aromatic carbocycles. The zero-order valence-electron chi connectivity index (χ0n) is 14.8. The van der Waals surface area contributed by atoms with Crippen LogP contribution in [0.5, 0.6) is 11.5 Å². The highest BCUT2D eigenvalue weighted by atomic mass is 16.5. The SMILES string of the molecule is COCCOc1cc(NC(=O)NC2CCCCC2C)ccc1OC. The Morgan fingerprint density at radius 3 is 2.67 bits per heavy atom. The van der Waals surface area contributed by atoms with Crippen LogP contribution in [0.4, 0.5) is 10.5 Å². The fourth-order valence-electron chi connectivity index (χ4n) is 2.97. The van der Waals surface area contributed by atoms with E-state index in [9.17, 15) is 4.79 Å². The molecule has 6 nitrogen and oxygen atoms in total. The number of methoxy groups -OCH3 is 2. The number of urea groups is 1. The largest absolute Gasteiger partial charge is 0.493 e. The first-order valence-electron chi connectivity index (χ1n) is 8.51. The number of hydrogen-bond acceptors (Lipinski definition) is 4. The molecule has 0 saturated heterocycles. The summed E-state index contributed by atoms with van der Waals surface area (Å²) in [4.78, 5) is 12.2. The van der Waals surface area contributed by atoms with Crippen LogP contribution in [0.15, 0.2) is 18.2 Å². The standard InChI is InChI=1S/C18H28N2O4/c1-13-6-4-5-7-15(13)20-18(21)19-14-8-9-16(23-3)17(12-14)24-11-10-22-2/h8-9,12-13,15H,4-7,10-11H2,1-3H3,(H2,19,20,21). The second-order valence-corrected chi connectivity index (χ2v) is 6.17. The number of ether oxygens (including phenoxy) is 3. The van der Waals surface area contributed by atoms with Crippen LogP contribution in [0.3, 0.4) is 0 Å². The minimum absolute atomic E-state index is 0.179. The summed E-state index contributed by atoms with van der Waals surface area (Å²) in [6.45, 7) is 3.10. The van der Waals surface area contributed by atoms with Gasteiger partial charge < -0.3 is 24.8 Å². The lowest BCUT2D eigenvalue weighted by molar-refractivity contribution is 0.144. The lowest BCUT2D eigenvalue weighted by atomic mass is 9.86. The normalized spacial score (nSPS) is 20.3. The summed E-state index contributed by atoms with van der Waals surface area (Å²) in [5.74, 6) is 1.73. The third kappa shape index (κ3) is 5.30. The van der Waals surface area contributed by atoms with Gasteiger partial charge in [-0.15, -0.1) is 0 Å². The molecule has 2 N–H and O–H groups in total. The molecule has 1 aliphatic carbocycles. The van der Waals surface area contributed by atoms with Crippen molar-refractivity contribution < 1.29 is 19.0 Å². The monoisotopic (exact) mass is 336 g/mol. The summed E-state index contributed by atoms with van der Waals surface area (Å²) < 4.78 is 15.9. The van der Waals surface area contributed by atoms with Gasteiger partial charge in [0, 0.05) is 24.9 Å². The highest BCUT2D eigenvalue weighted by Gasteiger charge is 2.22. The van der Waals surface area contributed by atoms with Crippen molar-refractivity contribution >= 4 is 11.7 Å².